The maximum atomic E-state index is 11.9. The van der Waals surface area contributed by atoms with Gasteiger partial charge in [0.05, 0.1) is 0 Å². The second kappa shape index (κ2) is 5.01. The van der Waals surface area contributed by atoms with Gasteiger partial charge >= 0.3 is 6.09 Å². The Kier molecular flexibility index (Phi) is 3.57. The van der Waals surface area contributed by atoms with Crippen LogP contribution in [-0.2, 0) is 17.8 Å². The van der Waals surface area contributed by atoms with Crippen molar-refractivity contribution in [3.05, 3.63) is 34.9 Å². The summed E-state index contributed by atoms with van der Waals surface area (Å²) >= 11 is 0. The van der Waals surface area contributed by atoms with Crippen LogP contribution in [0.5, 0.6) is 0 Å². The number of benzene rings is 1. The molecule has 0 saturated heterocycles. The zero-order chi connectivity index (χ0) is 14.0. The summed E-state index contributed by atoms with van der Waals surface area (Å²) in [5.74, 6) is -0.441. The summed E-state index contributed by atoms with van der Waals surface area (Å²) in [6.45, 7) is 6.82. The van der Waals surface area contributed by atoms with Crippen LogP contribution in [0.1, 0.15) is 42.3 Å². The Bertz CT molecular complexity index is 518. The second-order valence-corrected chi connectivity index (χ2v) is 5.54. The lowest BCUT2D eigenvalue weighted by Gasteiger charge is -2.19. The normalized spacial score (nSPS) is 13.8. The minimum absolute atomic E-state index is 0.441. The summed E-state index contributed by atoms with van der Waals surface area (Å²) in [4.78, 5) is 23.4. The van der Waals surface area contributed by atoms with Crippen LogP contribution in [-0.4, -0.2) is 17.6 Å². The van der Waals surface area contributed by atoms with E-state index in [4.69, 9.17) is 4.74 Å². The number of hydrogen-bond acceptors (Lipinski definition) is 4. The molecule has 1 aliphatic heterocycles. The molecule has 0 atom stereocenters. The van der Waals surface area contributed by atoms with Gasteiger partial charge in [-0.15, -0.1) is 0 Å². The van der Waals surface area contributed by atoms with Crippen LogP contribution in [0, 0.1) is 0 Å². The number of alkyl carbamates (subject to hydrolysis) is 1. The van der Waals surface area contributed by atoms with E-state index in [1.807, 2.05) is 6.07 Å². The third-order valence-electron chi connectivity index (χ3n) is 2.71. The molecule has 2 amide bonds. The summed E-state index contributed by atoms with van der Waals surface area (Å²) in [6, 6.07) is 5.42. The van der Waals surface area contributed by atoms with E-state index >= 15 is 0 Å². The van der Waals surface area contributed by atoms with Crippen molar-refractivity contribution in [2.24, 2.45) is 0 Å². The highest BCUT2D eigenvalue weighted by atomic mass is 16.6. The molecule has 0 radical (unpaired) electrons. The molecule has 102 valence electrons. The van der Waals surface area contributed by atoms with Crippen molar-refractivity contribution in [3.8, 4) is 0 Å². The molecule has 0 aliphatic carbocycles. The van der Waals surface area contributed by atoms with Crippen LogP contribution in [0.15, 0.2) is 18.2 Å². The maximum absolute atomic E-state index is 11.9. The Morgan fingerprint density at radius 1 is 1.21 bits per heavy atom. The number of rotatable bonds is 1. The Morgan fingerprint density at radius 2 is 1.89 bits per heavy atom. The standard InChI is InChI=1S/C14H18N2O3/c1-14(2,3)19-13(18)16-12(17)9-4-5-10-7-15-8-11(10)6-9/h4-6,15H,7-8H2,1-3H3,(H,16,17,18). The largest absolute Gasteiger partial charge is 0.444 e. The molecule has 0 saturated carbocycles. The Hall–Kier alpha value is -1.88. The Morgan fingerprint density at radius 3 is 2.58 bits per heavy atom. The number of fused-ring (bicyclic) bond motifs is 1. The van der Waals surface area contributed by atoms with Gasteiger partial charge in [0.25, 0.3) is 5.91 Å². The van der Waals surface area contributed by atoms with Crippen LogP contribution in [0.2, 0.25) is 0 Å². The highest BCUT2D eigenvalue weighted by Gasteiger charge is 2.19. The minimum Gasteiger partial charge on any atom is -0.444 e. The number of amides is 2. The highest BCUT2D eigenvalue weighted by Crippen LogP contribution is 2.17. The predicted molar refractivity (Wildman–Crippen MR) is 70.7 cm³/mol. The molecule has 2 rings (SSSR count). The summed E-state index contributed by atoms with van der Waals surface area (Å²) in [7, 11) is 0. The number of carbonyl (C=O) groups is 2. The molecule has 19 heavy (non-hydrogen) atoms. The SMILES string of the molecule is CC(C)(C)OC(=O)NC(=O)c1ccc2c(c1)CNC2. The fraction of sp³-hybridized carbons (Fsp3) is 0.429. The van der Waals surface area contributed by atoms with Crippen molar-refractivity contribution in [2.75, 3.05) is 0 Å². The van der Waals surface area contributed by atoms with Crippen LogP contribution >= 0.6 is 0 Å². The smallest absolute Gasteiger partial charge is 0.414 e. The summed E-state index contributed by atoms with van der Waals surface area (Å²) in [5, 5.41) is 5.43. The molecule has 1 aromatic carbocycles. The van der Waals surface area contributed by atoms with Crippen LogP contribution in [0.3, 0.4) is 0 Å². The van der Waals surface area contributed by atoms with Crippen molar-refractivity contribution in [3.63, 3.8) is 0 Å². The fourth-order valence-corrected chi connectivity index (χ4v) is 1.90. The van der Waals surface area contributed by atoms with Gasteiger partial charge in [0.15, 0.2) is 0 Å². The first-order chi connectivity index (χ1) is 8.85. The van der Waals surface area contributed by atoms with Crippen molar-refractivity contribution in [2.45, 2.75) is 39.5 Å². The molecule has 1 aliphatic rings. The van der Waals surface area contributed by atoms with Crippen LogP contribution in [0.4, 0.5) is 4.79 Å². The van der Waals surface area contributed by atoms with Crippen LogP contribution < -0.4 is 10.6 Å². The van der Waals surface area contributed by atoms with Gasteiger partial charge in [0.2, 0.25) is 0 Å². The zero-order valence-corrected chi connectivity index (χ0v) is 11.4. The van der Waals surface area contributed by atoms with Gasteiger partial charge in [0, 0.05) is 18.7 Å². The van der Waals surface area contributed by atoms with Crippen molar-refractivity contribution in [1.29, 1.82) is 0 Å². The van der Waals surface area contributed by atoms with E-state index < -0.39 is 17.6 Å². The molecule has 0 aromatic heterocycles. The molecular formula is C14H18N2O3. The predicted octanol–water partition coefficient (Wildman–Crippen LogP) is 1.95. The van der Waals surface area contributed by atoms with Gasteiger partial charge in [-0.25, -0.2) is 4.79 Å². The van der Waals surface area contributed by atoms with E-state index in [1.54, 1.807) is 32.9 Å². The van der Waals surface area contributed by atoms with Crippen molar-refractivity contribution < 1.29 is 14.3 Å². The number of hydrogen-bond donors (Lipinski definition) is 2. The quantitative estimate of drug-likeness (QED) is 0.811. The molecule has 1 heterocycles. The first-order valence-corrected chi connectivity index (χ1v) is 6.22. The number of nitrogens with one attached hydrogen (secondary N) is 2. The molecule has 5 heteroatoms. The van der Waals surface area contributed by atoms with Crippen molar-refractivity contribution >= 4 is 12.0 Å². The van der Waals surface area contributed by atoms with Gasteiger partial charge < -0.3 is 10.1 Å². The molecule has 1 aromatic rings. The average Bonchev–Trinajstić information content (AvgIpc) is 2.72. The van der Waals surface area contributed by atoms with Gasteiger partial charge in [-0.2, -0.15) is 0 Å². The van der Waals surface area contributed by atoms with E-state index in [2.05, 4.69) is 10.6 Å². The first kappa shape index (κ1) is 13.5. The minimum atomic E-state index is -0.726. The lowest BCUT2D eigenvalue weighted by molar-refractivity contribution is 0.0508. The average molecular weight is 262 g/mol. The fourth-order valence-electron chi connectivity index (χ4n) is 1.90. The van der Waals surface area contributed by atoms with Gasteiger partial charge in [0.1, 0.15) is 5.60 Å². The van der Waals surface area contributed by atoms with Crippen molar-refractivity contribution in [1.82, 2.24) is 10.6 Å². The third-order valence-corrected chi connectivity index (χ3v) is 2.71. The molecule has 2 N–H and O–H groups in total. The number of imide groups is 1. The highest BCUT2D eigenvalue weighted by molar-refractivity contribution is 6.03. The Labute approximate surface area is 112 Å². The van der Waals surface area contributed by atoms with Gasteiger partial charge in [-0.3, -0.25) is 10.1 Å². The molecule has 0 unspecified atom stereocenters. The van der Waals surface area contributed by atoms with E-state index in [0.29, 0.717) is 5.56 Å². The number of carbonyl (C=O) groups excluding carboxylic acids is 2. The van der Waals surface area contributed by atoms with Crippen LogP contribution in [0.25, 0.3) is 0 Å². The molecule has 0 spiro atoms. The monoisotopic (exact) mass is 262 g/mol. The molecule has 0 bridgehead atoms. The lowest BCUT2D eigenvalue weighted by Crippen LogP contribution is -2.36. The molecular weight excluding hydrogens is 244 g/mol. The summed E-state index contributed by atoms with van der Waals surface area (Å²) in [6.07, 6.45) is -0.726. The topological polar surface area (TPSA) is 67.4 Å². The third kappa shape index (κ3) is 3.54. The molecule has 0 fully saturated rings. The van der Waals surface area contributed by atoms with E-state index in [0.717, 1.165) is 18.7 Å². The van der Waals surface area contributed by atoms with E-state index in [-0.39, 0.29) is 0 Å². The summed E-state index contributed by atoms with van der Waals surface area (Å²) < 4.78 is 5.04. The van der Waals surface area contributed by atoms with Gasteiger partial charge in [-0.1, -0.05) is 6.07 Å². The summed E-state index contributed by atoms with van der Waals surface area (Å²) in [5.41, 5.74) is 2.13. The van der Waals surface area contributed by atoms with Gasteiger partial charge in [-0.05, 0) is 44.0 Å². The molecule has 5 nitrogen and oxygen atoms in total. The second-order valence-electron chi connectivity index (χ2n) is 5.54. The zero-order valence-electron chi connectivity index (χ0n) is 11.4. The lowest BCUT2D eigenvalue weighted by atomic mass is 10.1. The van der Waals surface area contributed by atoms with E-state index in [9.17, 15) is 9.59 Å². The number of ether oxygens (including phenoxy) is 1. The first-order valence-electron chi connectivity index (χ1n) is 6.22. The van der Waals surface area contributed by atoms with E-state index in [1.165, 1.54) is 5.56 Å². The Balaban J connectivity index is 2.02. The maximum Gasteiger partial charge on any atom is 0.414 e.